The quantitative estimate of drug-likeness (QED) is 0.219. The molecule has 2 aliphatic rings. The average molecular weight is 516 g/mol. The number of halogens is 2. The Morgan fingerprint density at radius 2 is 1.71 bits per heavy atom. The number of nitro groups is 2. The molecule has 5 unspecified atom stereocenters. The van der Waals surface area contributed by atoms with Crippen LogP contribution in [0.15, 0.2) is 71.6 Å². The Bertz CT molecular complexity index is 1270. The summed E-state index contributed by atoms with van der Waals surface area (Å²) in [6.07, 6.45) is 0.692. The summed E-state index contributed by atoms with van der Waals surface area (Å²) in [6.45, 7) is 0. The van der Waals surface area contributed by atoms with Gasteiger partial charge < -0.3 is 5.32 Å². The number of nitro benzene ring substituents is 2. The van der Waals surface area contributed by atoms with Crippen molar-refractivity contribution in [2.24, 2.45) is 5.92 Å². The molecule has 1 fully saturated rings. The molecule has 0 amide bonds. The van der Waals surface area contributed by atoms with Crippen LogP contribution >= 0.6 is 35.0 Å². The molecule has 7 nitrogen and oxygen atoms in total. The van der Waals surface area contributed by atoms with Crippen LogP contribution in [0.4, 0.5) is 17.1 Å². The third kappa shape index (κ3) is 4.10. The summed E-state index contributed by atoms with van der Waals surface area (Å²) in [5.41, 5.74) is 2.74. The molecule has 5 atom stereocenters. The highest BCUT2D eigenvalue weighted by Gasteiger charge is 2.50. The first-order chi connectivity index (χ1) is 16.3. The number of benzene rings is 3. The molecule has 34 heavy (non-hydrogen) atoms. The van der Waals surface area contributed by atoms with Crippen molar-refractivity contribution < 1.29 is 9.85 Å². The van der Waals surface area contributed by atoms with E-state index < -0.39 is 4.92 Å². The maximum atomic E-state index is 11.5. The second-order valence-electron chi connectivity index (χ2n) is 8.45. The Morgan fingerprint density at radius 3 is 2.41 bits per heavy atom. The molecule has 0 spiro atoms. The van der Waals surface area contributed by atoms with E-state index in [9.17, 15) is 20.2 Å². The molecule has 10 heteroatoms. The van der Waals surface area contributed by atoms with E-state index in [1.165, 1.54) is 23.9 Å². The molecule has 1 N–H and O–H groups in total. The maximum absolute atomic E-state index is 11.5. The van der Waals surface area contributed by atoms with E-state index in [4.69, 9.17) is 23.2 Å². The summed E-state index contributed by atoms with van der Waals surface area (Å²) in [7, 11) is 0. The molecular formula is C24H19Cl2N3O4S. The van der Waals surface area contributed by atoms with E-state index in [0.29, 0.717) is 16.3 Å². The van der Waals surface area contributed by atoms with Gasteiger partial charge in [0.15, 0.2) is 0 Å². The van der Waals surface area contributed by atoms with Crippen molar-refractivity contribution in [3.8, 4) is 0 Å². The fraction of sp³-hybridized carbons (Fsp3) is 0.250. The van der Waals surface area contributed by atoms with Crippen LogP contribution in [-0.4, -0.2) is 20.5 Å². The number of hydrogen-bond acceptors (Lipinski definition) is 6. The topological polar surface area (TPSA) is 98.3 Å². The number of nitrogens with zero attached hydrogens (tertiary/aromatic N) is 2. The van der Waals surface area contributed by atoms with Gasteiger partial charge in [0, 0.05) is 40.1 Å². The zero-order valence-corrected chi connectivity index (χ0v) is 20.0. The standard InChI is InChI=1S/C24H19Cl2N3O4S/c25-14-7-5-13(6-8-14)24-17-12-21(34-20-4-2-1-3-19(20)29(32)33)23(26)22(17)16-11-15(28(30)31)9-10-18(16)27-24/h1-11,17,21-24,27H,12H2. The second-order valence-corrected chi connectivity index (χ2v) is 10.7. The highest BCUT2D eigenvalue weighted by molar-refractivity contribution is 8.00. The SMILES string of the molecule is O=[N+]([O-])c1ccc2c(c1)C1C(Cl)C(Sc3ccccc3[N+](=O)[O-])CC1C(c1ccc(Cl)cc1)N2. The van der Waals surface area contributed by atoms with Gasteiger partial charge in [0.05, 0.1) is 26.2 Å². The molecule has 3 aromatic carbocycles. The molecule has 1 aliphatic carbocycles. The average Bonchev–Trinajstić information content (AvgIpc) is 3.15. The number of anilines is 1. The van der Waals surface area contributed by atoms with Crippen LogP contribution in [0.5, 0.6) is 0 Å². The maximum Gasteiger partial charge on any atom is 0.282 e. The number of para-hydroxylation sites is 1. The number of rotatable bonds is 5. The largest absolute Gasteiger partial charge is 0.378 e. The van der Waals surface area contributed by atoms with Crippen LogP contribution in [-0.2, 0) is 0 Å². The molecule has 0 bridgehead atoms. The minimum atomic E-state index is -0.404. The van der Waals surface area contributed by atoms with E-state index in [-0.39, 0.29) is 44.8 Å². The van der Waals surface area contributed by atoms with Crippen LogP contribution in [0.2, 0.25) is 5.02 Å². The monoisotopic (exact) mass is 515 g/mol. The molecular weight excluding hydrogens is 497 g/mol. The van der Waals surface area contributed by atoms with E-state index >= 15 is 0 Å². The Balaban J connectivity index is 1.55. The Hall–Kier alpha value is -2.81. The van der Waals surface area contributed by atoms with E-state index in [2.05, 4.69) is 5.32 Å². The predicted octanol–water partition coefficient (Wildman–Crippen LogP) is 7.20. The van der Waals surface area contributed by atoms with Gasteiger partial charge >= 0.3 is 0 Å². The summed E-state index contributed by atoms with van der Waals surface area (Å²) in [6, 6.07) is 19.0. The number of hydrogen-bond donors (Lipinski definition) is 1. The number of non-ortho nitro benzene ring substituents is 1. The fourth-order valence-corrected chi connectivity index (χ4v) is 7.16. The Labute approximate surface area is 209 Å². The number of alkyl halides is 1. The number of nitrogens with one attached hydrogen (secondary N) is 1. The number of thioether (sulfide) groups is 1. The highest BCUT2D eigenvalue weighted by atomic mass is 35.5. The van der Waals surface area contributed by atoms with Gasteiger partial charge in [-0.1, -0.05) is 35.9 Å². The van der Waals surface area contributed by atoms with Gasteiger partial charge in [0.25, 0.3) is 11.4 Å². The normalized spacial score (nSPS) is 25.2. The molecule has 0 aromatic heterocycles. The van der Waals surface area contributed by atoms with Gasteiger partial charge in [-0.25, -0.2) is 0 Å². The van der Waals surface area contributed by atoms with Crippen molar-refractivity contribution in [3.63, 3.8) is 0 Å². The van der Waals surface area contributed by atoms with Gasteiger partial charge in [-0.2, -0.15) is 0 Å². The van der Waals surface area contributed by atoms with Crippen LogP contribution < -0.4 is 5.32 Å². The van der Waals surface area contributed by atoms with Crippen molar-refractivity contribution in [1.82, 2.24) is 0 Å². The molecule has 0 saturated heterocycles. The van der Waals surface area contributed by atoms with Gasteiger partial charge in [0.2, 0.25) is 0 Å². The van der Waals surface area contributed by atoms with E-state index in [0.717, 1.165) is 16.8 Å². The Kier molecular flexibility index (Phi) is 6.14. The highest BCUT2D eigenvalue weighted by Crippen LogP contribution is 2.58. The van der Waals surface area contributed by atoms with Gasteiger partial charge in [-0.05, 0) is 47.7 Å². The van der Waals surface area contributed by atoms with Crippen LogP contribution in [0, 0.1) is 26.1 Å². The van der Waals surface area contributed by atoms with E-state index in [1.807, 2.05) is 24.3 Å². The lowest BCUT2D eigenvalue weighted by Gasteiger charge is -2.38. The minimum Gasteiger partial charge on any atom is -0.378 e. The lowest BCUT2D eigenvalue weighted by Crippen LogP contribution is -2.31. The summed E-state index contributed by atoms with van der Waals surface area (Å²) < 4.78 is 0. The summed E-state index contributed by atoms with van der Waals surface area (Å²) >= 11 is 14.6. The van der Waals surface area contributed by atoms with Crippen LogP contribution in [0.1, 0.15) is 29.5 Å². The van der Waals surface area contributed by atoms with Gasteiger partial charge in [-0.3, -0.25) is 20.2 Å². The summed E-state index contributed by atoms with van der Waals surface area (Å²) in [5.74, 6) is -0.114. The zero-order chi connectivity index (χ0) is 24.0. The summed E-state index contributed by atoms with van der Waals surface area (Å²) in [5, 5.41) is 26.7. The first kappa shape index (κ1) is 23.0. The van der Waals surface area contributed by atoms with E-state index in [1.54, 1.807) is 30.3 Å². The van der Waals surface area contributed by atoms with Crippen LogP contribution in [0.3, 0.4) is 0 Å². The molecule has 1 heterocycles. The van der Waals surface area contributed by atoms with Crippen molar-refractivity contribution in [2.45, 2.75) is 33.9 Å². The van der Waals surface area contributed by atoms with Gasteiger partial charge in [0.1, 0.15) is 0 Å². The number of fused-ring (bicyclic) bond motifs is 3. The lowest BCUT2D eigenvalue weighted by atomic mass is 9.77. The fourth-order valence-electron chi connectivity index (χ4n) is 5.09. The second kappa shape index (κ2) is 9.09. The molecule has 0 radical (unpaired) electrons. The molecule has 3 aromatic rings. The molecule has 5 rings (SSSR count). The molecule has 1 saturated carbocycles. The third-order valence-electron chi connectivity index (χ3n) is 6.58. The molecule has 174 valence electrons. The van der Waals surface area contributed by atoms with Crippen molar-refractivity contribution >= 4 is 52.0 Å². The zero-order valence-electron chi connectivity index (χ0n) is 17.6. The third-order valence-corrected chi connectivity index (χ3v) is 8.94. The van der Waals surface area contributed by atoms with Crippen molar-refractivity contribution in [1.29, 1.82) is 0 Å². The summed E-state index contributed by atoms with van der Waals surface area (Å²) in [4.78, 5) is 22.8. The first-order valence-corrected chi connectivity index (χ1v) is 12.4. The Morgan fingerprint density at radius 1 is 0.971 bits per heavy atom. The first-order valence-electron chi connectivity index (χ1n) is 10.7. The van der Waals surface area contributed by atoms with Crippen LogP contribution in [0.25, 0.3) is 0 Å². The predicted molar refractivity (Wildman–Crippen MR) is 134 cm³/mol. The minimum absolute atomic E-state index is 0.0166. The smallest absolute Gasteiger partial charge is 0.282 e. The van der Waals surface area contributed by atoms with Crippen molar-refractivity contribution in [2.75, 3.05) is 5.32 Å². The molecule has 1 aliphatic heterocycles. The van der Waals surface area contributed by atoms with Crippen molar-refractivity contribution in [3.05, 3.63) is 103 Å². The lowest BCUT2D eigenvalue weighted by molar-refractivity contribution is -0.387. The van der Waals surface area contributed by atoms with Gasteiger partial charge in [-0.15, -0.1) is 23.4 Å².